The molecule has 0 aromatic heterocycles. The average molecular weight is 231 g/mol. The lowest BCUT2D eigenvalue weighted by Crippen LogP contribution is -2.23. The van der Waals surface area contributed by atoms with Crippen LogP contribution in [0.2, 0.25) is 5.02 Å². The van der Waals surface area contributed by atoms with E-state index < -0.39 is 0 Å². The lowest BCUT2D eigenvalue weighted by Gasteiger charge is -2.27. The first-order valence-electron chi connectivity index (χ1n) is 4.91. The molecular weight excluding hydrogens is 219 g/mol. The van der Waals surface area contributed by atoms with E-state index in [1.807, 2.05) is 0 Å². The van der Waals surface area contributed by atoms with Gasteiger partial charge in [-0.25, -0.2) is 4.39 Å². The lowest BCUT2D eigenvalue weighted by molar-refractivity contribution is -0.0448. The third-order valence-corrected chi connectivity index (χ3v) is 2.91. The van der Waals surface area contributed by atoms with Gasteiger partial charge < -0.3 is 9.84 Å². The molecule has 0 amide bonds. The predicted molar refractivity (Wildman–Crippen MR) is 55.3 cm³/mol. The Morgan fingerprint density at radius 3 is 3.00 bits per heavy atom. The average Bonchev–Trinajstić information content (AvgIpc) is 2.22. The Bertz CT molecular complexity index is 356. The molecule has 2 unspecified atom stereocenters. The largest absolute Gasteiger partial charge is 0.393 e. The minimum atomic E-state index is -0.386. The molecule has 0 radical (unpaired) electrons. The fraction of sp³-hybridized carbons (Fsp3) is 0.455. The van der Waals surface area contributed by atoms with E-state index in [4.69, 9.17) is 16.3 Å². The summed E-state index contributed by atoms with van der Waals surface area (Å²) in [5.74, 6) is -0.335. The van der Waals surface area contributed by atoms with Crippen LogP contribution in [0.1, 0.15) is 24.5 Å². The van der Waals surface area contributed by atoms with Crippen LogP contribution in [0.4, 0.5) is 4.39 Å². The van der Waals surface area contributed by atoms with Crippen LogP contribution in [0.15, 0.2) is 18.2 Å². The molecule has 2 atom stereocenters. The first-order valence-corrected chi connectivity index (χ1v) is 5.29. The Morgan fingerprint density at radius 2 is 2.27 bits per heavy atom. The highest BCUT2D eigenvalue weighted by atomic mass is 35.5. The summed E-state index contributed by atoms with van der Waals surface area (Å²) in [6, 6.07) is 4.19. The molecule has 1 saturated heterocycles. The van der Waals surface area contributed by atoms with Crippen LogP contribution in [0.5, 0.6) is 0 Å². The zero-order chi connectivity index (χ0) is 10.8. The molecule has 0 saturated carbocycles. The molecule has 1 heterocycles. The second-order valence-electron chi connectivity index (χ2n) is 3.70. The summed E-state index contributed by atoms with van der Waals surface area (Å²) >= 11 is 5.95. The zero-order valence-electron chi connectivity index (χ0n) is 8.12. The van der Waals surface area contributed by atoms with Gasteiger partial charge in [-0.05, 0) is 24.6 Å². The van der Waals surface area contributed by atoms with Gasteiger partial charge >= 0.3 is 0 Å². The summed E-state index contributed by atoms with van der Waals surface area (Å²) in [4.78, 5) is 0. The second-order valence-corrected chi connectivity index (χ2v) is 4.11. The van der Waals surface area contributed by atoms with Crippen LogP contribution in [-0.2, 0) is 4.74 Å². The number of hydrogen-bond donors (Lipinski definition) is 1. The molecule has 82 valence electrons. The quantitative estimate of drug-likeness (QED) is 0.804. The minimum absolute atomic E-state index is 0.294. The Balaban J connectivity index is 2.24. The topological polar surface area (TPSA) is 29.5 Å². The first kappa shape index (κ1) is 10.9. The third-order valence-electron chi connectivity index (χ3n) is 2.56. The van der Waals surface area contributed by atoms with Crippen molar-refractivity contribution in [1.29, 1.82) is 0 Å². The molecule has 1 aromatic rings. The summed E-state index contributed by atoms with van der Waals surface area (Å²) in [5.41, 5.74) is 0.621. The van der Waals surface area contributed by atoms with E-state index in [-0.39, 0.29) is 18.0 Å². The van der Waals surface area contributed by atoms with Crippen LogP contribution >= 0.6 is 11.6 Å². The van der Waals surface area contributed by atoms with Gasteiger partial charge in [0.1, 0.15) is 5.82 Å². The van der Waals surface area contributed by atoms with Crippen molar-refractivity contribution in [3.05, 3.63) is 34.6 Å². The van der Waals surface area contributed by atoms with Gasteiger partial charge in [0, 0.05) is 23.6 Å². The smallest absolute Gasteiger partial charge is 0.123 e. The number of halogens is 2. The number of ether oxygens (including phenoxy) is 1. The molecule has 2 nitrogen and oxygen atoms in total. The summed E-state index contributed by atoms with van der Waals surface area (Å²) in [5, 5.41) is 9.97. The SMILES string of the molecule is OC1CCOC(c2cc(F)ccc2Cl)C1. The highest BCUT2D eigenvalue weighted by Crippen LogP contribution is 2.32. The maximum atomic E-state index is 13.0. The van der Waals surface area contributed by atoms with Gasteiger partial charge in [-0.2, -0.15) is 0 Å². The highest BCUT2D eigenvalue weighted by molar-refractivity contribution is 6.31. The standard InChI is InChI=1S/C11H12ClFO2/c12-10-2-1-7(13)5-9(10)11-6-8(14)3-4-15-11/h1-2,5,8,11,14H,3-4,6H2. The molecule has 2 rings (SSSR count). The molecule has 0 bridgehead atoms. The molecule has 0 aliphatic carbocycles. The minimum Gasteiger partial charge on any atom is -0.393 e. The first-order chi connectivity index (χ1) is 7.16. The van der Waals surface area contributed by atoms with Crippen molar-refractivity contribution in [3.8, 4) is 0 Å². The van der Waals surface area contributed by atoms with E-state index in [0.717, 1.165) is 0 Å². The van der Waals surface area contributed by atoms with Crippen LogP contribution in [-0.4, -0.2) is 17.8 Å². The summed E-state index contributed by atoms with van der Waals surface area (Å²) in [7, 11) is 0. The van der Waals surface area contributed by atoms with E-state index in [1.54, 1.807) is 0 Å². The Hall–Kier alpha value is -0.640. The second kappa shape index (κ2) is 4.47. The molecule has 1 N–H and O–H groups in total. The Morgan fingerprint density at radius 1 is 1.47 bits per heavy atom. The fourth-order valence-electron chi connectivity index (χ4n) is 1.76. The molecule has 1 aliphatic rings. The van der Waals surface area contributed by atoms with Crippen molar-refractivity contribution in [3.63, 3.8) is 0 Å². The lowest BCUT2D eigenvalue weighted by atomic mass is 9.99. The van der Waals surface area contributed by atoms with Crippen molar-refractivity contribution >= 4 is 11.6 Å². The normalized spacial score (nSPS) is 26.6. The van der Waals surface area contributed by atoms with Crippen LogP contribution in [0, 0.1) is 5.82 Å². The monoisotopic (exact) mass is 230 g/mol. The van der Waals surface area contributed by atoms with Gasteiger partial charge in [-0.15, -0.1) is 0 Å². The molecule has 1 aromatic carbocycles. The van der Waals surface area contributed by atoms with Crippen molar-refractivity contribution in [1.82, 2.24) is 0 Å². The van der Waals surface area contributed by atoms with Crippen molar-refractivity contribution < 1.29 is 14.2 Å². The summed E-state index contributed by atoms with van der Waals surface area (Å²) in [6.07, 6.45) is 0.423. The van der Waals surface area contributed by atoms with E-state index in [2.05, 4.69) is 0 Å². The van der Waals surface area contributed by atoms with E-state index in [1.165, 1.54) is 18.2 Å². The summed E-state index contributed by atoms with van der Waals surface area (Å²) in [6.45, 7) is 0.485. The molecule has 1 aliphatic heterocycles. The maximum Gasteiger partial charge on any atom is 0.123 e. The molecule has 1 fully saturated rings. The molecular formula is C11H12ClFO2. The molecule has 0 spiro atoms. The molecule has 4 heteroatoms. The number of hydrogen-bond acceptors (Lipinski definition) is 2. The Kier molecular flexibility index (Phi) is 3.24. The van der Waals surface area contributed by atoms with Crippen LogP contribution in [0.25, 0.3) is 0 Å². The maximum absolute atomic E-state index is 13.0. The van der Waals surface area contributed by atoms with Gasteiger partial charge in [-0.3, -0.25) is 0 Å². The molecule has 15 heavy (non-hydrogen) atoms. The highest BCUT2D eigenvalue weighted by Gasteiger charge is 2.24. The third kappa shape index (κ3) is 2.48. The number of rotatable bonds is 1. The number of benzene rings is 1. The van der Waals surface area contributed by atoms with Crippen molar-refractivity contribution in [2.75, 3.05) is 6.61 Å². The van der Waals surface area contributed by atoms with Gasteiger partial charge in [0.15, 0.2) is 0 Å². The van der Waals surface area contributed by atoms with Crippen molar-refractivity contribution in [2.45, 2.75) is 25.0 Å². The van der Waals surface area contributed by atoms with Gasteiger partial charge in [0.2, 0.25) is 0 Å². The number of aliphatic hydroxyl groups excluding tert-OH is 1. The van der Waals surface area contributed by atoms with E-state index in [0.29, 0.717) is 30.0 Å². The van der Waals surface area contributed by atoms with E-state index in [9.17, 15) is 9.50 Å². The predicted octanol–water partition coefficient (Wildman–Crippen LogP) is 2.69. The summed E-state index contributed by atoms with van der Waals surface area (Å²) < 4.78 is 18.5. The van der Waals surface area contributed by atoms with Crippen LogP contribution in [0.3, 0.4) is 0 Å². The van der Waals surface area contributed by atoms with Gasteiger partial charge in [0.25, 0.3) is 0 Å². The van der Waals surface area contributed by atoms with E-state index >= 15 is 0 Å². The Labute approximate surface area is 92.6 Å². The number of aliphatic hydroxyl groups is 1. The zero-order valence-corrected chi connectivity index (χ0v) is 8.88. The van der Waals surface area contributed by atoms with Gasteiger partial charge in [0.05, 0.1) is 12.2 Å². The van der Waals surface area contributed by atoms with Gasteiger partial charge in [-0.1, -0.05) is 11.6 Å². The van der Waals surface area contributed by atoms with Crippen LogP contribution < -0.4 is 0 Å². The fourth-order valence-corrected chi connectivity index (χ4v) is 2.00. The van der Waals surface area contributed by atoms with Crippen molar-refractivity contribution in [2.24, 2.45) is 0 Å².